The molecule has 35 heavy (non-hydrogen) atoms. The normalized spacial score (nSPS) is 13.7. The molecule has 0 saturated heterocycles. The summed E-state index contributed by atoms with van der Waals surface area (Å²) in [5.74, 6) is 1.68. The van der Waals surface area contributed by atoms with Gasteiger partial charge in [0.1, 0.15) is 0 Å². The highest BCUT2D eigenvalue weighted by atomic mass is 32.2. The van der Waals surface area contributed by atoms with Gasteiger partial charge in [0.15, 0.2) is 16.7 Å². The molecular formula is C26H31N3O5S. The molecule has 0 atom stereocenters. The van der Waals surface area contributed by atoms with Crippen LogP contribution in [-0.4, -0.2) is 54.5 Å². The number of benzene rings is 2. The minimum absolute atomic E-state index is 0.0270. The molecule has 186 valence electrons. The maximum Gasteiger partial charge on any atom is 0.262 e. The fourth-order valence-electron chi connectivity index (χ4n) is 4.58. The van der Waals surface area contributed by atoms with Crippen LogP contribution < -0.4 is 19.8 Å². The number of nitrogens with zero attached hydrogens (tertiary/aromatic N) is 3. The third-order valence-electron chi connectivity index (χ3n) is 6.41. The summed E-state index contributed by atoms with van der Waals surface area (Å²) in [5.41, 5.74) is 1.43. The zero-order valence-electron chi connectivity index (χ0n) is 20.6. The first kappa shape index (κ1) is 24.9. The van der Waals surface area contributed by atoms with Crippen molar-refractivity contribution in [2.45, 2.75) is 43.4 Å². The van der Waals surface area contributed by atoms with Gasteiger partial charge in [0.05, 0.1) is 38.0 Å². The molecule has 0 radical (unpaired) electrons. The van der Waals surface area contributed by atoms with Crippen molar-refractivity contribution in [3.8, 4) is 17.2 Å². The number of carbonyl (C=O) groups is 1. The predicted molar refractivity (Wildman–Crippen MR) is 137 cm³/mol. The number of amides is 1. The highest BCUT2D eigenvalue weighted by Gasteiger charge is 2.24. The molecule has 1 aliphatic rings. The highest BCUT2D eigenvalue weighted by molar-refractivity contribution is 7.99. The molecule has 0 aliphatic heterocycles. The molecule has 1 aliphatic carbocycles. The number of methoxy groups -OCH3 is 3. The second kappa shape index (κ2) is 11.0. The van der Waals surface area contributed by atoms with Crippen LogP contribution in [0.3, 0.4) is 0 Å². The summed E-state index contributed by atoms with van der Waals surface area (Å²) in [7, 11) is 6.43. The molecule has 3 aromatic rings. The summed E-state index contributed by atoms with van der Waals surface area (Å²) in [4.78, 5) is 32.8. The van der Waals surface area contributed by atoms with Crippen molar-refractivity contribution in [1.29, 1.82) is 0 Å². The lowest BCUT2D eigenvalue weighted by atomic mass is 10.1. The Labute approximate surface area is 209 Å². The second-order valence-electron chi connectivity index (χ2n) is 8.56. The van der Waals surface area contributed by atoms with E-state index in [1.807, 2.05) is 34.9 Å². The molecule has 0 unspecified atom stereocenters. The molecule has 2 aromatic carbocycles. The van der Waals surface area contributed by atoms with Gasteiger partial charge in [-0.25, -0.2) is 4.98 Å². The van der Waals surface area contributed by atoms with Crippen LogP contribution in [0.5, 0.6) is 17.2 Å². The van der Waals surface area contributed by atoms with E-state index in [4.69, 9.17) is 19.2 Å². The molecule has 0 bridgehead atoms. The number of para-hydroxylation sites is 1. The molecule has 4 rings (SSSR count). The van der Waals surface area contributed by atoms with Gasteiger partial charge in [0.25, 0.3) is 5.56 Å². The van der Waals surface area contributed by atoms with Gasteiger partial charge in [-0.3, -0.25) is 14.2 Å². The Balaban J connectivity index is 1.54. The molecule has 1 fully saturated rings. The Morgan fingerprint density at radius 1 is 1.06 bits per heavy atom. The van der Waals surface area contributed by atoms with E-state index < -0.39 is 0 Å². The average Bonchev–Trinajstić information content (AvgIpc) is 3.41. The molecular weight excluding hydrogens is 466 g/mol. The van der Waals surface area contributed by atoms with Crippen LogP contribution in [0.2, 0.25) is 0 Å². The number of hydrogen-bond acceptors (Lipinski definition) is 7. The van der Waals surface area contributed by atoms with Gasteiger partial charge in [0, 0.05) is 25.2 Å². The largest absolute Gasteiger partial charge is 0.493 e. The second-order valence-corrected chi connectivity index (χ2v) is 9.50. The summed E-state index contributed by atoms with van der Waals surface area (Å²) in [5, 5.41) is 1.22. The van der Waals surface area contributed by atoms with E-state index in [-0.39, 0.29) is 23.3 Å². The van der Waals surface area contributed by atoms with Gasteiger partial charge in [-0.2, -0.15) is 0 Å². The van der Waals surface area contributed by atoms with Crippen molar-refractivity contribution in [2.75, 3.05) is 34.1 Å². The summed E-state index contributed by atoms with van der Waals surface area (Å²) in [6.07, 6.45) is 4.12. The fraction of sp³-hybridized carbons (Fsp3) is 0.423. The highest BCUT2D eigenvalue weighted by Crippen LogP contribution is 2.40. The number of hydrogen-bond donors (Lipinski definition) is 0. The van der Waals surface area contributed by atoms with Crippen LogP contribution in [0.25, 0.3) is 10.9 Å². The van der Waals surface area contributed by atoms with Crippen molar-refractivity contribution in [1.82, 2.24) is 14.5 Å². The van der Waals surface area contributed by atoms with Gasteiger partial charge in [-0.05, 0) is 37.1 Å². The number of ether oxygens (including phenoxy) is 3. The first-order chi connectivity index (χ1) is 17.0. The maximum absolute atomic E-state index is 13.3. The Bertz CT molecular complexity index is 1270. The van der Waals surface area contributed by atoms with E-state index >= 15 is 0 Å². The quantitative estimate of drug-likeness (QED) is 0.322. The van der Waals surface area contributed by atoms with E-state index in [0.717, 1.165) is 31.2 Å². The molecule has 1 aromatic heterocycles. The molecule has 0 spiro atoms. The van der Waals surface area contributed by atoms with Gasteiger partial charge in [-0.15, -0.1) is 0 Å². The lowest BCUT2D eigenvalue weighted by molar-refractivity contribution is -0.127. The predicted octanol–water partition coefficient (Wildman–Crippen LogP) is 4.29. The minimum atomic E-state index is -0.0767. The molecule has 9 heteroatoms. The Kier molecular flexibility index (Phi) is 7.85. The monoisotopic (exact) mass is 497 g/mol. The SMILES string of the molecule is COc1ccc(CN(C)C(=O)CSc2nc3ccccc3c(=O)n2C2CCCC2)c(OC)c1OC. The van der Waals surface area contributed by atoms with Crippen LogP contribution in [0, 0.1) is 0 Å². The molecule has 1 saturated carbocycles. The third-order valence-corrected chi connectivity index (χ3v) is 7.35. The summed E-state index contributed by atoms with van der Waals surface area (Å²) < 4.78 is 18.2. The Morgan fingerprint density at radius 2 is 1.77 bits per heavy atom. The van der Waals surface area contributed by atoms with Crippen LogP contribution in [-0.2, 0) is 11.3 Å². The lowest BCUT2D eigenvalue weighted by Crippen LogP contribution is -2.30. The topological polar surface area (TPSA) is 82.9 Å². The fourth-order valence-corrected chi connectivity index (χ4v) is 5.59. The standard InChI is InChI=1S/C26H31N3O5S/c1-28(15-17-13-14-21(32-2)24(34-4)23(17)33-3)22(30)16-35-26-27-20-12-8-7-11-19(20)25(31)29(26)18-9-5-6-10-18/h7-8,11-14,18H,5-6,9-10,15-16H2,1-4H3. The zero-order valence-corrected chi connectivity index (χ0v) is 21.4. The van der Waals surface area contributed by atoms with E-state index in [2.05, 4.69) is 0 Å². The molecule has 1 amide bonds. The molecule has 0 N–H and O–H groups in total. The van der Waals surface area contributed by atoms with Crippen molar-refractivity contribution < 1.29 is 19.0 Å². The van der Waals surface area contributed by atoms with Crippen LogP contribution in [0.1, 0.15) is 37.3 Å². The van der Waals surface area contributed by atoms with E-state index in [1.54, 1.807) is 39.3 Å². The van der Waals surface area contributed by atoms with Crippen molar-refractivity contribution in [3.05, 3.63) is 52.3 Å². The van der Waals surface area contributed by atoms with Gasteiger partial charge in [0.2, 0.25) is 11.7 Å². The van der Waals surface area contributed by atoms with E-state index in [9.17, 15) is 9.59 Å². The zero-order chi connectivity index (χ0) is 24.9. The summed E-state index contributed by atoms with van der Waals surface area (Å²) >= 11 is 1.32. The smallest absolute Gasteiger partial charge is 0.262 e. The van der Waals surface area contributed by atoms with Crippen LogP contribution in [0.4, 0.5) is 0 Å². The van der Waals surface area contributed by atoms with Crippen molar-refractivity contribution in [2.24, 2.45) is 0 Å². The lowest BCUT2D eigenvalue weighted by Gasteiger charge is -2.22. The summed E-state index contributed by atoms with van der Waals surface area (Å²) in [6.45, 7) is 0.337. The maximum atomic E-state index is 13.3. The number of rotatable bonds is 9. The Morgan fingerprint density at radius 3 is 2.46 bits per heavy atom. The first-order valence-corrected chi connectivity index (χ1v) is 12.6. The number of fused-ring (bicyclic) bond motifs is 1. The van der Waals surface area contributed by atoms with Crippen molar-refractivity contribution >= 4 is 28.6 Å². The van der Waals surface area contributed by atoms with Gasteiger partial charge in [-0.1, -0.05) is 36.7 Å². The minimum Gasteiger partial charge on any atom is -0.493 e. The number of carbonyl (C=O) groups excluding carboxylic acids is 1. The number of aromatic nitrogens is 2. The third kappa shape index (κ3) is 5.10. The average molecular weight is 498 g/mol. The molecule has 8 nitrogen and oxygen atoms in total. The van der Waals surface area contributed by atoms with Crippen LogP contribution in [0.15, 0.2) is 46.3 Å². The van der Waals surface area contributed by atoms with E-state index in [1.165, 1.54) is 11.8 Å². The van der Waals surface area contributed by atoms with Crippen molar-refractivity contribution in [3.63, 3.8) is 0 Å². The first-order valence-electron chi connectivity index (χ1n) is 11.6. The van der Waals surface area contributed by atoms with Gasteiger partial charge < -0.3 is 19.1 Å². The Hall–Kier alpha value is -3.20. The number of thioether (sulfide) groups is 1. The summed E-state index contributed by atoms with van der Waals surface area (Å²) in [6, 6.07) is 11.2. The van der Waals surface area contributed by atoms with Gasteiger partial charge >= 0.3 is 0 Å². The molecule has 1 heterocycles. The van der Waals surface area contributed by atoms with Crippen LogP contribution >= 0.6 is 11.8 Å². The van der Waals surface area contributed by atoms with E-state index in [0.29, 0.717) is 39.9 Å².